The fraction of sp³-hybridized carbons (Fsp3) is 0.600. The summed E-state index contributed by atoms with van der Waals surface area (Å²) in [7, 11) is 0. The first-order valence-corrected chi connectivity index (χ1v) is 7.53. The molecule has 1 heterocycles. The number of rotatable bonds is 3. The van der Waals surface area contributed by atoms with Crippen LogP contribution >= 0.6 is 11.6 Å². The van der Waals surface area contributed by atoms with E-state index in [1.165, 1.54) is 12.1 Å². The number of halogens is 4. The molecule has 1 nitrogen and oxygen atoms in total. The summed E-state index contributed by atoms with van der Waals surface area (Å²) < 4.78 is 39.3. The van der Waals surface area contributed by atoms with Gasteiger partial charge >= 0.3 is 6.18 Å². The second kappa shape index (κ2) is 6.25. The average molecular weight is 306 g/mol. The highest BCUT2D eigenvalue weighted by Crippen LogP contribution is 2.36. The highest BCUT2D eigenvalue weighted by molar-refractivity contribution is 6.17. The Morgan fingerprint density at radius 3 is 2.65 bits per heavy atom. The summed E-state index contributed by atoms with van der Waals surface area (Å²) in [6.07, 6.45) is -0.151. The number of hydrogen-bond donors (Lipinski definition) is 0. The molecule has 0 amide bonds. The predicted molar refractivity (Wildman–Crippen MR) is 76.3 cm³/mol. The van der Waals surface area contributed by atoms with Gasteiger partial charge in [0.15, 0.2) is 0 Å². The summed E-state index contributed by atoms with van der Waals surface area (Å²) in [5.41, 5.74) is 0.205. The fourth-order valence-electron chi connectivity index (χ4n) is 2.89. The first-order valence-electron chi connectivity index (χ1n) is 7.00. The van der Waals surface area contributed by atoms with Crippen LogP contribution in [0.1, 0.15) is 43.7 Å². The van der Waals surface area contributed by atoms with Crippen LogP contribution in [0.5, 0.6) is 0 Å². The van der Waals surface area contributed by atoms with Crippen molar-refractivity contribution in [1.82, 2.24) is 0 Å². The Morgan fingerprint density at radius 1 is 1.30 bits per heavy atom. The van der Waals surface area contributed by atoms with E-state index in [1.54, 1.807) is 6.07 Å². The monoisotopic (exact) mass is 305 g/mol. The third kappa shape index (κ3) is 3.22. The number of nitrogens with zero attached hydrogens (tertiary/aromatic N) is 1. The van der Waals surface area contributed by atoms with Crippen molar-refractivity contribution < 1.29 is 13.2 Å². The Hall–Kier alpha value is -0.900. The molecule has 1 saturated heterocycles. The molecule has 1 aliphatic heterocycles. The first-order chi connectivity index (χ1) is 9.47. The van der Waals surface area contributed by atoms with Crippen molar-refractivity contribution in [3.8, 4) is 0 Å². The zero-order chi connectivity index (χ0) is 14.8. The molecule has 112 valence electrons. The van der Waals surface area contributed by atoms with Crippen LogP contribution < -0.4 is 4.90 Å². The van der Waals surface area contributed by atoms with E-state index in [2.05, 4.69) is 11.8 Å². The molecule has 0 radical (unpaired) electrons. The lowest BCUT2D eigenvalue weighted by Crippen LogP contribution is -2.39. The maximum Gasteiger partial charge on any atom is 0.416 e. The van der Waals surface area contributed by atoms with Crippen LogP contribution in [0.3, 0.4) is 0 Å². The molecular formula is C15H19ClF3N. The lowest BCUT2D eigenvalue weighted by atomic mass is 9.98. The summed E-state index contributed by atoms with van der Waals surface area (Å²) in [6.45, 7) is 2.91. The Morgan fingerprint density at radius 2 is 2.05 bits per heavy atom. The number of hydrogen-bond acceptors (Lipinski definition) is 1. The van der Waals surface area contributed by atoms with Gasteiger partial charge in [-0.2, -0.15) is 13.2 Å². The quantitative estimate of drug-likeness (QED) is 0.693. The predicted octanol–water partition coefficient (Wildman–Crippen LogP) is 5.21. The summed E-state index contributed by atoms with van der Waals surface area (Å²) in [6, 6.07) is 4.87. The van der Waals surface area contributed by atoms with Gasteiger partial charge in [-0.25, -0.2) is 0 Å². The molecule has 0 aromatic heterocycles. The van der Waals surface area contributed by atoms with E-state index in [0.29, 0.717) is 11.7 Å². The minimum atomic E-state index is -4.35. The Bertz CT molecular complexity index is 459. The Balaban J connectivity index is 2.37. The zero-order valence-electron chi connectivity index (χ0n) is 11.5. The number of benzene rings is 1. The average Bonchev–Trinajstić information content (AvgIpc) is 2.45. The van der Waals surface area contributed by atoms with Crippen molar-refractivity contribution in [2.45, 2.75) is 50.7 Å². The minimum Gasteiger partial charge on any atom is -0.369 e. The number of alkyl halides is 4. The molecule has 0 saturated carbocycles. The zero-order valence-corrected chi connectivity index (χ0v) is 12.3. The maximum absolute atomic E-state index is 13.1. The molecule has 1 aromatic carbocycles. The van der Waals surface area contributed by atoms with Crippen LogP contribution in [0.15, 0.2) is 18.2 Å². The molecule has 0 spiro atoms. The summed E-state index contributed by atoms with van der Waals surface area (Å²) in [5, 5.41) is 0. The number of piperidine rings is 1. The van der Waals surface area contributed by atoms with Gasteiger partial charge in [0.25, 0.3) is 0 Å². The van der Waals surface area contributed by atoms with Crippen molar-refractivity contribution in [2.75, 3.05) is 11.4 Å². The molecule has 0 aliphatic carbocycles. The van der Waals surface area contributed by atoms with Gasteiger partial charge < -0.3 is 4.90 Å². The van der Waals surface area contributed by atoms with E-state index in [1.807, 2.05) is 0 Å². The molecule has 0 bridgehead atoms. The van der Waals surface area contributed by atoms with Crippen molar-refractivity contribution in [3.05, 3.63) is 29.3 Å². The van der Waals surface area contributed by atoms with Gasteiger partial charge in [-0.3, -0.25) is 0 Å². The van der Waals surface area contributed by atoms with Crippen LogP contribution in [0.4, 0.5) is 18.9 Å². The van der Waals surface area contributed by atoms with Gasteiger partial charge in [-0.15, -0.1) is 11.6 Å². The van der Waals surface area contributed by atoms with Gasteiger partial charge in [-0.1, -0.05) is 13.0 Å². The second-order valence-electron chi connectivity index (χ2n) is 5.22. The summed E-state index contributed by atoms with van der Waals surface area (Å²) in [4.78, 5) is 2.11. The van der Waals surface area contributed by atoms with Crippen molar-refractivity contribution in [3.63, 3.8) is 0 Å². The largest absolute Gasteiger partial charge is 0.416 e. The van der Waals surface area contributed by atoms with Gasteiger partial charge in [0.05, 0.1) is 5.56 Å². The third-order valence-corrected chi connectivity index (χ3v) is 4.26. The van der Waals surface area contributed by atoms with E-state index < -0.39 is 11.7 Å². The van der Waals surface area contributed by atoms with Crippen molar-refractivity contribution in [1.29, 1.82) is 0 Å². The molecule has 0 N–H and O–H groups in total. The van der Waals surface area contributed by atoms with Crippen LogP contribution in [0.2, 0.25) is 0 Å². The standard InChI is InChI=1S/C15H19ClF3N/c1-2-12-5-3-4-8-20(12)13-7-6-11(10-16)14(9-13)15(17,18)19/h6-7,9,12H,2-5,8,10H2,1H3. The van der Waals surface area contributed by atoms with Crippen molar-refractivity contribution in [2.24, 2.45) is 0 Å². The SMILES string of the molecule is CCC1CCCCN1c1ccc(CCl)c(C(F)(F)F)c1. The molecule has 2 rings (SSSR count). The smallest absolute Gasteiger partial charge is 0.369 e. The van der Waals surface area contributed by atoms with E-state index in [0.717, 1.165) is 32.2 Å². The molecule has 5 heteroatoms. The van der Waals surface area contributed by atoms with Crippen LogP contribution in [0, 0.1) is 0 Å². The van der Waals surface area contributed by atoms with Crippen molar-refractivity contribution >= 4 is 17.3 Å². The highest BCUT2D eigenvalue weighted by atomic mass is 35.5. The lowest BCUT2D eigenvalue weighted by molar-refractivity contribution is -0.138. The van der Waals surface area contributed by atoms with Crippen LogP contribution in [0.25, 0.3) is 0 Å². The highest BCUT2D eigenvalue weighted by Gasteiger charge is 2.34. The normalized spacial score (nSPS) is 20.2. The Labute approximate surface area is 122 Å². The number of anilines is 1. The van der Waals surface area contributed by atoms with E-state index in [4.69, 9.17) is 11.6 Å². The Kier molecular flexibility index (Phi) is 4.84. The van der Waals surface area contributed by atoms with E-state index in [-0.39, 0.29) is 11.4 Å². The molecule has 1 aliphatic rings. The topological polar surface area (TPSA) is 3.24 Å². The fourth-order valence-corrected chi connectivity index (χ4v) is 3.12. The summed E-state index contributed by atoms with van der Waals surface area (Å²) in [5.74, 6) is -0.119. The van der Waals surface area contributed by atoms with Crippen LogP contribution in [-0.2, 0) is 12.1 Å². The minimum absolute atomic E-state index is 0.119. The van der Waals surface area contributed by atoms with Gasteiger partial charge in [0, 0.05) is 24.2 Å². The lowest BCUT2D eigenvalue weighted by Gasteiger charge is -2.37. The maximum atomic E-state index is 13.1. The van der Waals surface area contributed by atoms with Gasteiger partial charge in [0.1, 0.15) is 0 Å². The molecule has 1 fully saturated rings. The van der Waals surface area contributed by atoms with Crippen LogP contribution in [-0.4, -0.2) is 12.6 Å². The molecule has 1 aromatic rings. The molecule has 1 atom stereocenters. The molecule has 1 unspecified atom stereocenters. The summed E-state index contributed by atoms with van der Waals surface area (Å²) >= 11 is 5.62. The first kappa shape index (κ1) is 15.5. The van der Waals surface area contributed by atoms with E-state index in [9.17, 15) is 13.2 Å². The van der Waals surface area contributed by atoms with Gasteiger partial charge in [-0.05, 0) is 43.4 Å². The third-order valence-electron chi connectivity index (χ3n) is 3.97. The molecular weight excluding hydrogens is 287 g/mol. The van der Waals surface area contributed by atoms with E-state index >= 15 is 0 Å². The molecule has 20 heavy (non-hydrogen) atoms. The van der Waals surface area contributed by atoms with Gasteiger partial charge in [0.2, 0.25) is 0 Å². The second-order valence-corrected chi connectivity index (χ2v) is 5.49.